The van der Waals surface area contributed by atoms with Crippen LogP contribution >= 0.6 is 12.4 Å². The standard InChI is InChI=1S/C30H31N3O4.ClH/c1-4-37-24-9-5-21(6-10-24)30(34)27-20-31-28-14-13-25(36-3)19-26(28)29(27)33-17-15-32(16-18-33)22-7-11-23(35-2)12-8-22;/h5-14,19-20H,4,15-18H2,1-3H3;1H. The summed E-state index contributed by atoms with van der Waals surface area (Å²) in [5.74, 6) is 2.26. The summed E-state index contributed by atoms with van der Waals surface area (Å²) in [5.41, 5.74) is 4.08. The molecule has 5 rings (SSSR count). The van der Waals surface area contributed by atoms with E-state index < -0.39 is 0 Å². The minimum absolute atomic E-state index is 0. The molecule has 7 nitrogen and oxygen atoms in total. The number of piperazine rings is 1. The smallest absolute Gasteiger partial charge is 0.196 e. The summed E-state index contributed by atoms with van der Waals surface area (Å²) in [4.78, 5) is 23.0. The zero-order valence-corrected chi connectivity index (χ0v) is 22.7. The molecule has 0 radical (unpaired) electrons. The largest absolute Gasteiger partial charge is 0.497 e. The number of pyridine rings is 1. The number of nitrogens with zero attached hydrogens (tertiary/aromatic N) is 3. The fourth-order valence-corrected chi connectivity index (χ4v) is 4.80. The molecule has 1 saturated heterocycles. The maximum absolute atomic E-state index is 13.8. The second-order valence-corrected chi connectivity index (χ2v) is 8.86. The maximum Gasteiger partial charge on any atom is 0.196 e. The minimum Gasteiger partial charge on any atom is -0.497 e. The number of carbonyl (C=O) groups excluding carboxylic acids is 1. The summed E-state index contributed by atoms with van der Waals surface area (Å²) in [6, 6.07) is 21.2. The Labute approximate surface area is 229 Å². The van der Waals surface area contributed by atoms with E-state index in [9.17, 15) is 4.79 Å². The lowest BCUT2D eigenvalue weighted by molar-refractivity contribution is 0.103. The molecule has 0 aliphatic carbocycles. The Bertz CT molecular complexity index is 1390. The van der Waals surface area contributed by atoms with E-state index in [4.69, 9.17) is 14.2 Å². The molecule has 8 heteroatoms. The van der Waals surface area contributed by atoms with Gasteiger partial charge in [-0.3, -0.25) is 9.78 Å². The van der Waals surface area contributed by atoms with Crippen molar-refractivity contribution in [3.8, 4) is 17.2 Å². The number of ketones is 1. The van der Waals surface area contributed by atoms with Crippen molar-refractivity contribution in [1.29, 1.82) is 0 Å². The van der Waals surface area contributed by atoms with E-state index in [1.54, 1.807) is 20.4 Å². The summed E-state index contributed by atoms with van der Waals surface area (Å²) in [5, 5.41) is 0.911. The van der Waals surface area contributed by atoms with E-state index in [1.165, 1.54) is 0 Å². The number of fused-ring (bicyclic) bond motifs is 1. The number of hydrogen-bond acceptors (Lipinski definition) is 7. The molecular formula is C30H32ClN3O4. The van der Waals surface area contributed by atoms with Gasteiger partial charge in [-0.15, -0.1) is 12.4 Å². The summed E-state index contributed by atoms with van der Waals surface area (Å²) < 4.78 is 16.4. The predicted octanol–water partition coefficient (Wildman–Crippen LogP) is 5.63. The quantitative estimate of drug-likeness (QED) is 0.272. The molecule has 1 fully saturated rings. The number of aromatic nitrogens is 1. The van der Waals surface area contributed by atoms with Gasteiger partial charge in [-0.2, -0.15) is 0 Å². The van der Waals surface area contributed by atoms with Gasteiger partial charge in [-0.25, -0.2) is 0 Å². The van der Waals surface area contributed by atoms with Crippen LogP contribution in [0.3, 0.4) is 0 Å². The molecule has 2 heterocycles. The molecule has 0 bridgehead atoms. The van der Waals surface area contributed by atoms with Gasteiger partial charge in [0.15, 0.2) is 5.78 Å². The van der Waals surface area contributed by atoms with Crippen LogP contribution in [0, 0.1) is 0 Å². The van der Waals surface area contributed by atoms with Crippen LogP contribution < -0.4 is 24.0 Å². The molecule has 38 heavy (non-hydrogen) atoms. The highest BCUT2D eigenvalue weighted by Crippen LogP contribution is 2.35. The highest BCUT2D eigenvalue weighted by molar-refractivity contribution is 6.16. The van der Waals surface area contributed by atoms with Crippen LogP contribution in [0.2, 0.25) is 0 Å². The molecule has 0 amide bonds. The Balaban J connectivity index is 0.00000336. The lowest BCUT2D eigenvalue weighted by Crippen LogP contribution is -2.47. The molecule has 0 atom stereocenters. The van der Waals surface area contributed by atoms with Crippen molar-refractivity contribution >= 4 is 40.5 Å². The normalized spacial score (nSPS) is 13.1. The lowest BCUT2D eigenvalue weighted by Gasteiger charge is -2.38. The first-order valence-electron chi connectivity index (χ1n) is 12.5. The molecule has 0 unspecified atom stereocenters. The molecule has 4 aromatic rings. The first kappa shape index (κ1) is 27.1. The lowest BCUT2D eigenvalue weighted by atomic mass is 9.99. The second-order valence-electron chi connectivity index (χ2n) is 8.86. The number of methoxy groups -OCH3 is 2. The highest BCUT2D eigenvalue weighted by atomic mass is 35.5. The van der Waals surface area contributed by atoms with Gasteiger partial charge in [0.1, 0.15) is 17.2 Å². The molecule has 1 aromatic heterocycles. The highest BCUT2D eigenvalue weighted by Gasteiger charge is 2.25. The molecule has 0 spiro atoms. The van der Waals surface area contributed by atoms with E-state index in [0.29, 0.717) is 17.7 Å². The zero-order chi connectivity index (χ0) is 25.8. The van der Waals surface area contributed by atoms with Gasteiger partial charge in [0.25, 0.3) is 0 Å². The number of carbonyl (C=O) groups is 1. The first-order chi connectivity index (χ1) is 18.1. The van der Waals surface area contributed by atoms with Gasteiger partial charge in [0.05, 0.1) is 37.6 Å². The van der Waals surface area contributed by atoms with Gasteiger partial charge in [-0.05, 0) is 73.7 Å². The number of halogens is 1. The topological polar surface area (TPSA) is 64.1 Å². The van der Waals surface area contributed by atoms with Crippen LogP contribution in [-0.2, 0) is 0 Å². The van der Waals surface area contributed by atoms with Crippen molar-refractivity contribution in [2.75, 3.05) is 56.8 Å². The van der Waals surface area contributed by atoms with Gasteiger partial charge in [0.2, 0.25) is 0 Å². The molecule has 3 aromatic carbocycles. The number of hydrogen-bond donors (Lipinski definition) is 0. The Morgan fingerprint density at radius 2 is 1.42 bits per heavy atom. The summed E-state index contributed by atoms with van der Waals surface area (Å²) in [6.45, 7) is 5.72. The summed E-state index contributed by atoms with van der Waals surface area (Å²) >= 11 is 0. The number of ether oxygens (including phenoxy) is 3. The van der Waals surface area contributed by atoms with Gasteiger partial charge < -0.3 is 24.0 Å². The van der Waals surface area contributed by atoms with Crippen molar-refractivity contribution in [1.82, 2.24) is 4.98 Å². The average molecular weight is 534 g/mol. The Morgan fingerprint density at radius 1 is 0.816 bits per heavy atom. The molecule has 0 saturated carbocycles. The van der Waals surface area contributed by atoms with Crippen LogP contribution in [0.15, 0.2) is 72.9 Å². The van der Waals surface area contributed by atoms with Gasteiger partial charge >= 0.3 is 0 Å². The molecule has 1 aliphatic rings. The van der Waals surface area contributed by atoms with Crippen LogP contribution in [0.25, 0.3) is 10.9 Å². The van der Waals surface area contributed by atoms with E-state index in [2.05, 4.69) is 26.9 Å². The van der Waals surface area contributed by atoms with Crippen molar-refractivity contribution in [2.45, 2.75) is 6.92 Å². The average Bonchev–Trinajstić information content (AvgIpc) is 2.96. The second kappa shape index (κ2) is 12.0. The van der Waals surface area contributed by atoms with E-state index in [1.807, 2.05) is 61.5 Å². The van der Waals surface area contributed by atoms with Crippen LogP contribution in [0.4, 0.5) is 11.4 Å². The summed E-state index contributed by atoms with van der Waals surface area (Å²) in [6.07, 6.45) is 1.71. The fraction of sp³-hybridized carbons (Fsp3) is 0.267. The third-order valence-corrected chi connectivity index (χ3v) is 6.75. The van der Waals surface area contributed by atoms with Crippen molar-refractivity contribution < 1.29 is 19.0 Å². The van der Waals surface area contributed by atoms with Gasteiger partial charge in [0, 0.05) is 49.0 Å². The van der Waals surface area contributed by atoms with Crippen LogP contribution in [0.5, 0.6) is 17.2 Å². The van der Waals surface area contributed by atoms with Crippen molar-refractivity contribution in [3.05, 3.63) is 84.1 Å². The van der Waals surface area contributed by atoms with E-state index >= 15 is 0 Å². The van der Waals surface area contributed by atoms with Crippen molar-refractivity contribution in [2.24, 2.45) is 0 Å². The zero-order valence-electron chi connectivity index (χ0n) is 21.8. The third kappa shape index (κ3) is 5.48. The monoisotopic (exact) mass is 533 g/mol. The Hall–Kier alpha value is -3.97. The van der Waals surface area contributed by atoms with Crippen molar-refractivity contribution in [3.63, 3.8) is 0 Å². The minimum atomic E-state index is -0.0622. The third-order valence-electron chi connectivity index (χ3n) is 6.75. The maximum atomic E-state index is 13.8. The van der Waals surface area contributed by atoms with Crippen LogP contribution in [-0.4, -0.2) is 57.8 Å². The number of benzene rings is 3. The molecule has 1 aliphatic heterocycles. The Kier molecular flexibility index (Phi) is 8.59. The summed E-state index contributed by atoms with van der Waals surface area (Å²) in [7, 11) is 3.32. The number of rotatable bonds is 8. The Morgan fingerprint density at radius 3 is 2.05 bits per heavy atom. The SMILES string of the molecule is CCOc1ccc(C(=O)c2cnc3ccc(OC)cc3c2N2CCN(c3ccc(OC)cc3)CC2)cc1.Cl. The molecule has 0 N–H and O–H groups in total. The van der Waals surface area contributed by atoms with Gasteiger partial charge in [-0.1, -0.05) is 0 Å². The fourth-order valence-electron chi connectivity index (χ4n) is 4.80. The van der Waals surface area contributed by atoms with E-state index in [0.717, 1.165) is 65.7 Å². The predicted molar refractivity (Wildman–Crippen MR) is 154 cm³/mol. The van der Waals surface area contributed by atoms with Crippen LogP contribution in [0.1, 0.15) is 22.8 Å². The first-order valence-corrected chi connectivity index (χ1v) is 12.5. The molecular weight excluding hydrogens is 502 g/mol. The number of anilines is 2. The molecule has 198 valence electrons. The van der Waals surface area contributed by atoms with E-state index in [-0.39, 0.29) is 18.2 Å².